The lowest BCUT2D eigenvalue weighted by Gasteiger charge is -2.24. The molecule has 0 radical (unpaired) electrons. The Morgan fingerprint density at radius 3 is 2.28 bits per heavy atom. The monoisotopic (exact) mass is 280 g/mol. The third kappa shape index (κ3) is 6.80. The molecular weight excluding hydrogens is 256 g/mol. The van der Waals surface area contributed by atoms with Gasteiger partial charge in [0.1, 0.15) is 5.60 Å². The molecule has 0 rings (SSSR count). The van der Waals surface area contributed by atoms with Crippen molar-refractivity contribution in [2.45, 2.75) is 46.3 Å². The fraction of sp³-hybridized carbons (Fsp3) is 0.909. The van der Waals surface area contributed by atoms with Gasteiger partial charge in [-0.25, -0.2) is 17.5 Å². The van der Waals surface area contributed by atoms with Gasteiger partial charge in [0.25, 0.3) is 0 Å². The van der Waals surface area contributed by atoms with Gasteiger partial charge < -0.3 is 10.1 Å². The van der Waals surface area contributed by atoms with Crippen LogP contribution >= 0.6 is 0 Å². The van der Waals surface area contributed by atoms with E-state index in [4.69, 9.17) is 4.74 Å². The van der Waals surface area contributed by atoms with E-state index in [1.165, 1.54) is 11.4 Å². The number of hydrogen-bond donors (Lipinski definition) is 1. The quantitative estimate of drug-likeness (QED) is 0.820. The van der Waals surface area contributed by atoms with Crippen LogP contribution in [0.4, 0.5) is 4.79 Å². The summed E-state index contributed by atoms with van der Waals surface area (Å²) in [5, 5.41) is 2.60. The minimum atomic E-state index is -3.22. The summed E-state index contributed by atoms with van der Waals surface area (Å²) < 4.78 is 29.4. The van der Waals surface area contributed by atoms with Crippen LogP contribution in [0.3, 0.4) is 0 Å². The van der Waals surface area contributed by atoms with Gasteiger partial charge in [0, 0.05) is 19.6 Å². The first-order valence-corrected chi connectivity index (χ1v) is 7.52. The summed E-state index contributed by atoms with van der Waals surface area (Å²) in [4.78, 5) is 11.5. The van der Waals surface area contributed by atoms with Crippen LogP contribution in [0.15, 0.2) is 0 Å². The molecule has 0 aliphatic carbocycles. The summed E-state index contributed by atoms with van der Waals surface area (Å²) in [6, 6.07) is -0.314. The van der Waals surface area contributed by atoms with Gasteiger partial charge in [0.2, 0.25) is 10.0 Å². The first-order chi connectivity index (χ1) is 7.98. The number of sulfonamides is 1. The van der Waals surface area contributed by atoms with Crippen molar-refractivity contribution in [3.05, 3.63) is 0 Å². The molecule has 0 aromatic heterocycles. The minimum absolute atomic E-state index is 0.0443. The molecule has 1 atom stereocenters. The maximum atomic E-state index is 11.5. The third-order valence-corrected chi connectivity index (χ3v) is 3.96. The number of rotatable bonds is 5. The standard InChI is InChI=1S/C11H24N2O4S/c1-7-18(15,16)13(6)8-9(2)12-10(14)17-11(3,4)5/h9H,7-8H2,1-6H3,(H,12,14)/t9-/m0/s1. The summed E-state index contributed by atoms with van der Waals surface area (Å²) in [6.45, 7) is 8.83. The fourth-order valence-electron chi connectivity index (χ4n) is 1.27. The number of nitrogens with one attached hydrogen (secondary N) is 1. The largest absolute Gasteiger partial charge is 0.444 e. The Labute approximate surface area is 110 Å². The van der Waals surface area contributed by atoms with E-state index in [9.17, 15) is 13.2 Å². The number of amides is 1. The number of nitrogens with zero attached hydrogens (tertiary/aromatic N) is 1. The predicted molar refractivity (Wildman–Crippen MR) is 70.9 cm³/mol. The van der Waals surface area contributed by atoms with Crippen molar-refractivity contribution in [1.82, 2.24) is 9.62 Å². The van der Waals surface area contributed by atoms with Gasteiger partial charge in [-0.3, -0.25) is 0 Å². The number of hydrogen-bond acceptors (Lipinski definition) is 4. The molecule has 0 saturated heterocycles. The zero-order valence-corrected chi connectivity index (χ0v) is 12.8. The molecule has 0 unspecified atom stereocenters. The Kier molecular flexibility index (Phi) is 6.09. The third-order valence-electron chi connectivity index (χ3n) is 2.13. The van der Waals surface area contributed by atoms with Gasteiger partial charge in [0.05, 0.1) is 5.75 Å². The van der Waals surface area contributed by atoms with Crippen molar-refractivity contribution >= 4 is 16.1 Å². The second kappa shape index (κ2) is 6.38. The van der Waals surface area contributed by atoms with Gasteiger partial charge in [0.15, 0.2) is 0 Å². The molecule has 0 saturated carbocycles. The summed E-state index contributed by atoms with van der Waals surface area (Å²) >= 11 is 0. The molecule has 1 amide bonds. The van der Waals surface area contributed by atoms with E-state index >= 15 is 0 Å². The molecule has 0 heterocycles. The first-order valence-electron chi connectivity index (χ1n) is 5.91. The average molecular weight is 280 g/mol. The summed E-state index contributed by atoms with van der Waals surface area (Å²) in [5.41, 5.74) is -0.564. The molecule has 18 heavy (non-hydrogen) atoms. The summed E-state index contributed by atoms with van der Waals surface area (Å²) in [6.07, 6.45) is -0.544. The highest BCUT2D eigenvalue weighted by atomic mass is 32.2. The predicted octanol–water partition coefficient (Wildman–Crippen LogP) is 1.18. The van der Waals surface area contributed by atoms with Crippen LogP contribution in [-0.2, 0) is 14.8 Å². The van der Waals surface area contributed by atoms with Crippen LogP contribution in [0.5, 0.6) is 0 Å². The van der Waals surface area contributed by atoms with E-state index < -0.39 is 21.7 Å². The molecule has 0 bridgehead atoms. The molecular formula is C11H24N2O4S. The Bertz CT molecular complexity index is 373. The van der Waals surface area contributed by atoms with Crippen molar-refractivity contribution in [2.24, 2.45) is 0 Å². The minimum Gasteiger partial charge on any atom is -0.444 e. The zero-order chi connectivity index (χ0) is 14.6. The van der Waals surface area contributed by atoms with E-state index in [1.807, 2.05) is 0 Å². The molecule has 0 aromatic carbocycles. The van der Waals surface area contributed by atoms with Crippen LogP contribution in [-0.4, -0.2) is 49.8 Å². The van der Waals surface area contributed by atoms with Crippen molar-refractivity contribution in [1.29, 1.82) is 0 Å². The number of ether oxygens (including phenoxy) is 1. The number of alkyl carbamates (subject to hydrolysis) is 1. The van der Waals surface area contributed by atoms with E-state index in [2.05, 4.69) is 5.32 Å². The summed E-state index contributed by atoms with van der Waals surface area (Å²) in [5.74, 6) is 0.0443. The van der Waals surface area contributed by atoms with Crippen molar-refractivity contribution < 1.29 is 17.9 Å². The van der Waals surface area contributed by atoms with E-state index in [0.29, 0.717) is 0 Å². The lowest BCUT2D eigenvalue weighted by atomic mass is 10.2. The molecule has 1 N–H and O–H groups in total. The van der Waals surface area contributed by atoms with Crippen molar-refractivity contribution in [3.8, 4) is 0 Å². The van der Waals surface area contributed by atoms with Gasteiger partial charge in [-0.2, -0.15) is 0 Å². The van der Waals surface area contributed by atoms with Gasteiger partial charge in [-0.15, -0.1) is 0 Å². The van der Waals surface area contributed by atoms with Gasteiger partial charge in [-0.1, -0.05) is 0 Å². The van der Waals surface area contributed by atoms with Crippen LogP contribution < -0.4 is 5.32 Å². The molecule has 108 valence electrons. The molecule has 0 aromatic rings. The highest BCUT2D eigenvalue weighted by Gasteiger charge is 2.21. The van der Waals surface area contributed by atoms with E-state index in [1.54, 1.807) is 34.6 Å². The Balaban J connectivity index is 4.28. The maximum absolute atomic E-state index is 11.5. The van der Waals surface area contributed by atoms with Gasteiger partial charge >= 0.3 is 6.09 Å². The maximum Gasteiger partial charge on any atom is 0.407 e. The first kappa shape index (κ1) is 17.2. The number of carbonyl (C=O) groups is 1. The normalized spacial score (nSPS) is 14.4. The molecule has 0 spiro atoms. The molecule has 0 aliphatic rings. The highest BCUT2D eigenvalue weighted by molar-refractivity contribution is 7.89. The number of likely N-dealkylation sites (N-methyl/N-ethyl adjacent to an activating group) is 1. The van der Waals surface area contributed by atoms with Crippen LogP contribution in [0.25, 0.3) is 0 Å². The number of carbonyl (C=O) groups excluding carboxylic acids is 1. The molecule has 6 nitrogen and oxygen atoms in total. The van der Waals surface area contributed by atoms with Crippen LogP contribution in [0.2, 0.25) is 0 Å². The van der Waals surface area contributed by atoms with E-state index in [0.717, 1.165) is 0 Å². The van der Waals surface area contributed by atoms with Gasteiger partial charge in [-0.05, 0) is 34.6 Å². The topological polar surface area (TPSA) is 75.7 Å². The second-order valence-electron chi connectivity index (χ2n) is 5.23. The Morgan fingerprint density at radius 2 is 1.89 bits per heavy atom. The van der Waals surface area contributed by atoms with Crippen molar-refractivity contribution in [3.63, 3.8) is 0 Å². The Hall–Kier alpha value is -0.820. The van der Waals surface area contributed by atoms with Crippen molar-refractivity contribution in [2.75, 3.05) is 19.3 Å². The Morgan fingerprint density at radius 1 is 1.39 bits per heavy atom. The average Bonchev–Trinajstić information content (AvgIpc) is 2.13. The second-order valence-corrected chi connectivity index (χ2v) is 7.59. The summed E-state index contributed by atoms with van der Waals surface area (Å²) in [7, 11) is -1.73. The highest BCUT2D eigenvalue weighted by Crippen LogP contribution is 2.07. The van der Waals surface area contributed by atoms with Crippen LogP contribution in [0.1, 0.15) is 34.6 Å². The lowest BCUT2D eigenvalue weighted by molar-refractivity contribution is 0.0504. The van der Waals surface area contributed by atoms with Crippen LogP contribution in [0, 0.1) is 0 Å². The fourth-order valence-corrected chi connectivity index (χ4v) is 2.17. The molecule has 0 fully saturated rings. The SMILES string of the molecule is CCS(=O)(=O)N(C)C[C@H](C)NC(=O)OC(C)(C)C. The zero-order valence-electron chi connectivity index (χ0n) is 12.0. The molecule has 0 aliphatic heterocycles. The lowest BCUT2D eigenvalue weighted by Crippen LogP contribution is -2.44. The van der Waals surface area contributed by atoms with E-state index in [-0.39, 0.29) is 18.3 Å². The smallest absolute Gasteiger partial charge is 0.407 e. The molecule has 7 heteroatoms.